The monoisotopic (exact) mass is 379 g/mol. The van der Waals surface area contributed by atoms with Gasteiger partial charge in [-0.2, -0.15) is 0 Å². The fourth-order valence-electron chi connectivity index (χ4n) is 4.47. The minimum Gasteiger partial charge on any atom is -0.355 e. The van der Waals surface area contributed by atoms with Crippen molar-refractivity contribution in [2.45, 2.75) is 38.9 Å². The molecular weight excluding hydrogens is 346 g/mol. The lowest BCUT2D eigenvalue weighted by Crippen LogP contribution is -3.20. The lowest BCUT2D eigenvalue weighted by Gasteiger charge is -2.46. The van der Waals surface area contributed by atoms with Gasteiger partial charge in [-0.1, -0.05) is 5.21 Å². The van der Waals surface area contributed by atoms with Crippen LogP contribution in [0.4, 0.5) is 0 Å². The van der Waals surface area contributed by atoms with Crippen molar-refractivity contribution in [3.8, 4) is 0 Å². The molecule has 27 heavy (non-hydrogen) atoms. The van der Waals surface area contributed by atoms with Gasteiger partial charge in [-0.3, -0.25) is 9.59 Å². The molecular formula is C18H33N7O2+2. The molecule has 1 aromatic rings. The molecule has 4 rings (SSSR count). The molecule has 2 amide bonds. The van der Waals surface area contributed by atoms with Gasteiger partial charge in [-0.05, 0) is 5.92 Å². The zero-order valence-electron chi connectivity index (χ0n) is 16.6. The summed E-state index contributed by atoms with van der Waals surface area (Å²) in [4.78, 5) is 26.3. The Balaban J connectivity index is 1.49. The summed E-state index contributed by atoms with van der Waals surface area (Å²) in [5.41, 5.74) is 1.03. The second-order valence-corrected chi connectivity index (χ2v) is 8.29. The van der Waals surface area contributed by atoms with Crippen LogP contribution in [0.3, 0.4) is 0 Å². The summed E-state index contributed by atoms with van der Waals surface area (Å²) in [5.74, 6) is 0.606. The smallest absolute Gasteiger partial charge is 0.229 e. The highest BCUT2D eigenvalue weighted by atomic mass is 16.2. The van der Waals surface area contributed by atoms with Gasteiger partial charge < -0.3 is 20.4 Å². The summed E-state index contributed by atoms with van der Waals surface area (Å²) in [6.45, 7) is 6.25. The maximum Gasteiger partial charge on any atom is 0.229 e. The van der Waals surface area contributed by atoms with Crippen molar-refractivity contribution >= 4 is 11.8 Å². The van der Waals surface area contributed by atoms with Gasteiger partial charge in [-0.25, -0.2) is 4.68 Å². The van der Waals surface area contributed by atoms with Crippen LogP contribution in [0.15, 0.2) is 6.20 Å². The quantitative estimate of drug-likeness (QED) is 0.352. The zero-order valence-corrected chi connectivity index (χ0v) is 16.6. The third kappa shape index (κ3) is 5.26. The van der Waals surface area contributed by atoms with Gasteiger partial charge in [-0.15, -0.1) is 5.10 Å². The molecule has 1 unspecified atom stereocenters. The van der Waals surface area contributed by atoms with Crippen LogP contribution in [0.25, 0.3) is 0 Å². The molecule has 1 aromatic heterocycles. The van der Waals surface area contributed by atoms with Gasteiger partial charge in [0.1, 0.15) is 18.3 Å². The Morgan fingerprint density at radius 3 is 2.78 bits per heavy atom. The lowest BCUT2D eigenvalue weighted by atomic mass is 9.75. The second-order valence-electron chi connectivity index (χ2n) is 8.29. The van der Waals surface area contributed by atoms with Crippen molar-refractivity contribution in [1.82, 2.24) is 25.6 Å². The Hall–Kier alpha value is -2.00. The number of aromatic nitrogens is 3. The van der Waals surface area contributed by atoms with E-state index < -0.39 is 0 Å². The molecule has 150 valence electrons. The van der Waals surface area contributed by atoms with E-state index in [-0.39, 0.29) is 17.7 Å². The van der Waals surface area contributed by atoms with Crippen molar-refractivity contribution in [2.24, 2.45) is 11.8 Å². The fourth-order valence-corrected chi connectivity index (χ4v) is 4.47. The number of carbonyl (C=O) groups is 2. The predicted molar refractivity (Wildman–Crippen MR) is 98.9 cm³/mol. The van der Waals surface area contributed by atoms with E-state index in [9.17, 15) is 9.59 Å². The summed E-state index contributed by atoms with van der Waals surface area (Å²) < 4.78 is 1.97. The van der Waals surface area contributed by atoms with Crippen LogP contribution in [-0.2, 0) is 22.7 Å². The molecule has 4 atom stereocenters. The number of nitrogens with zero attached hydrogens (tertiary/aromatic N) is 3. The molecule has 3 fully saturated rings. The molecule has 2 bridgehead atoms. The van der Waals surface area contributed by atoms with Gasteiger partial charge >= 0.3 is 0 Å². The SMILES string of the molecule is CC(=O)NCCNC(=O)[C@H]1C[NH+]2CC[C@H]1C[C@@H]2Cn1cc(C[NH+](C)C)nn1. The largest absolute Gasteiger partial charge is 0.355 e. The molecule has 3 aliphatic heterocycles. The molecule has 0 saturated carbocycles. The number of rotatable bonds is 8. The number of hydrogen-bond acceptors (Lipinski definition) is 4. The Morgan fingerprint density at radius 1 is 1.33 bits per heavy atom. The molecule has 3 saturated heterocycles. The summed E-state index contributed by atoms with van der Waals surface area (Å²) in [6.07, 6.45) is 4.23. The highest BCUT2D eigenvalue weighted by Crippen LogP contribution is 2.27. The fraction of sp³-hybridized carbons (Fsp3) is 0.778. The van der Waals surface area contributed by atoms with E-state index in [1.165, 1.54) is 16.7 Å². The van der Waals surface area contributed by atoms with Crippen molar-refractivity contribution in [2.75, 3.05) is 40.3 Å². The minimum atomic E-state index is -0.0670. The first-order chi connectivity index (χ1) is 12.9. The molecule has 0 spiro atoms. The van der Waals surface area contributed by atoms with E-state index in [1.54, 1.807) is 0 Å². The molecule has 0 aliphatic carbocycles. The minimum absolute atomic E-state index is 0.0670. The predicted octanol–water partition coefficient (Wildman–Crippen LogP) is -3.53. The van der Waals surface area contributed by atoms with E-state index in [1.807, 2.05) is 4.68 Å². The number of hydrogen-bond donors (Lipinski definition) is 4. The highest BCUT2D eigenvalue weighted by Gasteiger charge is 2.46. The Kier molecular flexibility index (Phi) is 6.43. The average molecular weight is 380 g/mol. The molecule has 0 radical (unpaired) electrons. The van der Waals surface area contributed by atoms with E-state index in [2.05, 4.69) is 41.2 Å². The maximum atomic E-state index is 12.5. The van der Waals surface area contributed by atoms with E-state index in [0.29, 0.717) is 25.0 Å². The molecule has 0 aromatic carbocycles. The summed E-state index contributed by atoms with van der Waals surface area (Å²) in [5, 5.41) is 14.3. The number of piperidine rings is 3. The summed E-state index contributed by atoms with van der Waals surface area (Å²) >= 11 is 0. The third-order valence-corrected chi connectivity index (χ3v) is 5.72. The highest BCUT2D eigenvalue weighted by molar-refractivity contribution is 5.79. The van der Waals surface area contributed by atoms with Gasteiger partial charge in [0.2, 0.25) is 11.8 Å². The topological polar surface area (TPSA) is 97.8 Å². The number of nitrogens with one attached hydrogen (secondary N) is 4. The molecule has 4 N–H and O–H groups in total. The first-order valence-corrected chi connectivity index (χ1v) is 9.97. The molecule has 4 heterocycles. The van der Waals surface area contributed by atoms with Crippen molar-refractivity contribution in [3.05, 3.63) is 11.9 Å². The van der Waals surface area contributed by atoms with Gasteiger partial charge in [0.25, 0.3) is 0 Å². The number of carbonyl (C=O) groups excluding carboxylic acids is 2. The van der Waals surface area contributed by atoms with Crippen LogP contribution in [0.5, 0.6) is 0 Å². The summed E-state index contributed by atoms with van der Waals surface area (Å²) in [6, 6.07) is 0.508. The second kappa shape index (κ2) is 8.79. The van der Waals surface area contributed by atoms with Crippen LogP contribution in [0.2, 0.25) is 0 Å². The van der Waals surface area contributed by atoms with Crippen LogP contribution >= 0.6 is 0 Å². The van der Waals surface area contributed by atoms with Crippen LogP contribution in [-0.4, -0.2) is 73.1 Å². The van der Waals surface area contributed by atoms with Crippen molar-refractivity contribution in [1.29, 1.82) is 0 Å². The number of fused-ring (bicyclic) bond motifs is 3. The van der Waals surface area contributed by atoms with Gasteiger partial charge in [0.05, 0.1) is 45.8 Å². The van der Waals surface area contributed by atoms with Gasteiger partial charge in [0.15, 0.2) is 0 Å². The number of amides is 2. The Labute approximate surface area is 160 Å². The first-order valence-electron chi connectivity index (χ1n) is 9.97. The van der Waals surface area contributed by atoms with Crippen molar-refractivity contribution < 1.29 is 19.4 Å². The number of quaternary nitrogens is 2. The Bertz CT molecular complexity index is 660. The molecule has 9 heteroatoms. The standard InChI is InChI=1S/C18H31N7O2/c1-13(26)19-5-6-20-18(27)17-12-24-7-4-14(17)8-16(24)11-25-10-15(21-22-25)9-23(2)3/h10,14,16-17H,4-9,11-12H2,1-3H3,(H,19,26)(H,20,27)/p+2/t14-,16+,17-/m0/s1. The van der Waals surface area contributed by atoms with E-state index in [0.717, 1.165) is 44.7 Å². The molecule has 9 nitrogen and oxygen atoms in total. The van der Waals surface area contributed by atoms with Crippen LogP contribution in [0, 0.1) is 11.8 Å². The Morgan fingerprint density at radius 2 is 2.11 bits per heavy atom. The summed E-state index contributed by atoms with van der Waals surface area (Å²) in [7, 11) is 4.21. The lowest BCUT2D eigenvalue weighted by molar-refractivity contribution is -0.945. The average Bonchev–Trinajstić information content (AvgIpc) is 3.05. The van der Waals surface area contributed by atoms with E-state index >= 15 is 0 Å². The van der Waals surface area contributed by atoms with Gasteiger partial charge in [0, 0.05) is 32.9 Å². The van der Waals surface area contributed by atoms with Crippen LogP contribution in [0.1, 0.15) is 25.5 Å². The first kappa shape index (κ1) is 19.8. The van der Waals surface area contributed by atoms with Crippen molar-refractivity contribution in [3.63, 3.8) is 0 Å². The van der Waals surface area contributed by atoms with Crippen LogP contribution < -0.4 is 20.4 Å². The normalized spacial score (nSPS) is 27.0. The zero-order chi connectivity index (χ0) is 19.4. The molecule has 3 aliphatic rings. The maximum absolute atomic E-state index is 12.5. The van der Waals surface area contributed by atoms with E-state index in [4.69, 9.17) is 0 Å². The third-order valence-electron chi connectivity index (χ3n) is 5.72.